The van der Waals surface area contributed by atoms with E-state index in [0.717, 1.165) is 24.1 Å². The van der Waals surface area contributed by atoms with Crippen molar-refractivity contribution in [1.82, 2.24) is 4.90 Å². The van der Waals surface area contributed by atoms with Crippen LogP contribution in [0, 0.1) is 0 Å². The van der Waals surface area contributed by atoms with Crippen LogP contribution in [0.3, 0.4) is 0 Å². The fourth-order valence-corrected chi connectivity index (χ4v) is 3.35. The summed E-state index contributed by atoms with van der Waals surface area (Å²) in [4.78, 5) is 14.9. The molecule has 0 spiro atoms. The number of nitrogens with zero attached hydrogens (tertiary/aromatic N) is 1. The summed E-state index contributed by atoms with van der Waals surface area (Å²) in [7, 11) is -0.397. The lowest BCUT2D eigenvalue weighted by Crippen LogP contribution is -2.46. The monoisotopic (exact) mass is 359 g/mol. The molecule has 142 valence electrons. The molecule has 0 N–H and O–H groups in total. The first-order valence-electron chi connectivity index (χ1n) is 9.48. The van der Waals surface area contributed by atoms with E-state index in [1.165, 1.54) is 0 Å². The third-order valence-corrected chi connectivity index (χ3v) is 5.91. The smallest absolute Gasteiger partial charge is 0.399 e. The van der Waals surface area contributed by atoms with Crippen molar-refractivity contribution in [2.45, 2.75) is 58.3 Å². The van der Waals surface area contributed by atoms with Crippen LogP contribution in [0.4, 0.5) is 0 Å². The SMILES string of the molecule is CC(C(=O)Cc1cccc(B2OC(C)(C)C(C)(C)O2)c1)N1CCOCC1. The molecule has 5 nitrogen and oxygen atoms in total. The number of carbonyl (C=O) groups is 1. The summed E-state index contributed by atoms with van der Waals surface area (Å²) in [5.74, 6) is 0.234. The van der Waals surface area contributed by atoms with Gasteiger partial charge in [0.2, 0.25) is 0 Å². The topological polar surface area (TPSA) is 48.0 Å². The molecule has 1 atom stereocenters. The highest BCUT2D eigenvalue weighted by Gasteiger charge is 2.51. The van der Waals surface area contributed by atoms with Gasteiger partial charge in [0.05, 0.1) is 30.5 Å². The summed E-state index contributed by atoms with van der Waals surface area (Å²) in [5, 5.41) is 0. The van der Waals surface area contributed by atoms with Crippen LogP contribution in [0.15, 0.2) is 24.3 Å². The predicted octanol–water partition coefficient (Wildman–Crippen LogP) is 1.82. The number of benzene rings is 1. The molecule has 1 aromatic carbocycles. The molecule has 2 fully saturated rings. The minimum Gasteiger partial charge on any atom is -0.399 e. The van der Waals surface area contributed by atoms with Crippen molar-refractivity contribution < 1.29 is 18.8 Å². The number of ketones is 1. The molecule has 0 aliphatic carbocycles. The van der Waals surface area contributed by atoms with Gasteiger partial charge in [0.25, 0.3) is 0 Å². The van der Waals surface area contributed by atoms with Crippen molar-refractivity contribution in [3.8, 4) is 0 Å². The highest BCUT2D eigenvalue weighted by Crippen LogP contribution is 2.36. The molecule has 0 bridgehead atoms. The van der Waals surface area contributed by atoms with Gasteiger partial charge in [0, 0.05) is 19.5 Å². The molecule has 3 rings (SSSR count). The Morgan fingerprint density at radius 2 is 1.77 bits per heavy atom. The van der Waals surface area contributed by atoms with Crippen LogP contribution in [0.2, 0.25) is 0 Å². The van der Waals surface area contributed by atoms with Crippen molar-refractivity contribution in [3.63, 3.8) is 0 Å². The minimum absolute atomic E-state index is 0.0839. The zero-order chi connectivity index (χ0) is 18.9. The Labute approximate surface area is 157 Å². The van der Waals surface area contributed by atoms with Gasteiger partial charge in [0.1, 0.15) is 0 Å². The molecule has 2 aliphatic heterocycles. The Hall–Kier alpha value is -1.21. The van der Waals surface area contributed by atoms with Gasteiger partial charge >= 0.3 is 7.12 Å². The number of morpholine rings is 1. The first kappa shape index (κ1) is 19.6. The van der Waals surface area contributed by atoms with Gasteiger partial charge in [-0.3, -0.25) is 9.69 Å². The number of hydrogen-bond acceptors (Lipinski definition) is 5. The number of Topliss-reactive ketones (excluding diaryl/α,β-unsaturated/α-hetero) is 1. The summed E-state index contributed by atoms with van der Waals surface area (Å²) in [6.45, 7) is 13.2. The highest BCUT2D eigenvalue weighted by molar-refractivity contribution is 6.62. The van der Waals surface area contributed by atoms with Gasteiger partial charge in [-0.2, -0.15) is 0 Å². The molecule has 0 aromatic heterocycles. The first-order valence-corrected chi connectivity index (χ1v) is 9.48. The molecule has 0 amide bonds. The van der Waals surface area contributed by atoms with Crippen LogP contribution in [0.5, 0.6) is 0 Å². The van der Waals surface area contributed by atoms with E-state index in [2.05, 4.69) is 4.90 Å². The predicted molar refractivity (Wildman–Crippen MR) is 103 cm³/mol. The van der Waals surface area contributed by atoms with Crippen LogP contribution in [0.1, 0.15) is 40.2 Å². The molecule has 0 saturated carbocycles. The van der Waals surface area contributed by atoms with Gasteiger partial charge in [-0.25, -0.2) is 0 Å². The summed E-state index contributed by atoms with van der Waals surface area (Å²) in [5.41, 5.74) is 1.23. The van der Waals surface area contributed by atoms with Gasteiger partial charge in [0.15, 0.2) is 5.78 Å². The lowest BCUT2D eigenvalue weighted by molar-refractivity contribution is -0.124. The zero-order valence-corrected chi connectivity index (χ0v) is 16.6. The van der Waals surface area contributed by atoms with Crippen LogP contribution < -0.4 is 5.46 Å². The van der Waals surface area contributed by atoms with Crippen LogP contribution >= 0.6 is 0 Å². The van der Waals surface area contributed by atoms with E-state index >= 15 is 0 Å². The Kier molecular flexibility index (Phi) is 5.59. The van der Waals surface area contributed by atoms with Crippen LogP contribution in [-0.2, 0) is 25.3 Å². The maximum Gasteiger partial charge on any atom is 0.494 e. The lowest BCUT2D eigenvalue weighted by atomic mass is 9.78. The normalized spacial score (nSPS) is 23.8. The van der Waals surface area contributed by atoms with Crippen molar-refractivity contribution in [2.75, 3.05) is 26.3 Å². The Bertz CT molecular complexity index is 639. The standard InChI is InChI=1S/C20H30BNO4/c1-15(22-9-11-24-12-10-22)18(23)14-16-7-6-8-17(13-16)21-25-19(2,3)20(4,5)26-21/h6-8,13,15H,9-12,14H2,1-5H3. The van der Waals surface area contributed by atoms with Gasteiger partial charge in [-0.1, -0.05) is 24.3 Å². The molecule has 1 aromatic rings. The average Bonchev–Trinajstić information content (AvgIpc) is 2.83. The van der Waals surface area contributed by atoms with E-state index in [1.807, 2.05) is 58.9 Å². The third kappa shape index (κ3) is 4.04. The lowest BCUT2D eigenvalue weighted by Gasteiger charge is -2.32. The van der Waals surface area contributed by atoms with E-state index in [9.17, 15) is 4.79 Å². The summed E-state index contributed by atoms with van der Waals surface area (Å²) in [6.07, 6.45) is 0.422. The minimum atomic E-state index is -0.397. The zero-order valence-electron chi connectivity index (χ0n) is 16.6. The highest BCUT2D eigenvalue weighted by atomic mass is 16.7. The van der Waals surface area contributed by atoms with E-state index < -0.39 is 7.12 Å². The summed E-state index contributed by atoms with van der Waals surface area (Å²) >= 11 is 0. The second kappa shape index (κ2) is 7.43. The summed E-state index contributed by atoms with van der Waals surface area (Å²) < 4.78 is 17.6. The summed E-state index contributed by atoms with van der Waals surface area (Å²) in [6, 6.07) is 7.92. The van der Waals surface area contributed by atoms with E-state index in [1.54, 1.807) is 0 Å². The quantitative estimate of drug-likeness (QED) is 0.751. The molecule has 2 saturated heterocycles. The fourth-order valence-electron chi connectivity index (χ4n) is 3.35. The number of carbonyl (C=O) groups excluding carboxylic acids is 1. The van der Waals surface area contributed by atoms with Crippen molar-refractivity contribution in [1.29, 1.82) is 0 Å². The molecule has 2 heterocycles. The number of rotatable bonds is 5. The van der Waals surface area contributed by atoms with Crippen molar-refractivity contribution in [3.05, 3.63) is 29.8 Å². The number of ether oxygens (including phenoxy) is 1. The van der Waals surface area contributed by atoms with Gasteiger partial charge < -0.3 is 14.0 Å². The Morgan fingerprint density at radius 3 is 2.38 bits per heavy atom. The first-order chi connectivity index (χ1) is 12.2. The fraction of sp³-hybridized carbons (Fsp3) is 0.650. The van der Waals surface area contributed by atoms with Crippen LogP contribution in [0.25, 0.3) is 0 Å². The second-order valence-electron chi connectivity index (χ2n) is 8.30. The van der Waals surface area contributed by atoms with Crippen molar-refractivity contribution >= 4 is 18.4 Å². The second-order valence-corrected chi connectivity index (χ2v) is 8.30. The maximum absolute atomic E-state index is 12.7. The molecule has 2 aliphatic rings. The third-order valence-electron chi connectivity index (χ3n) is 5.91. The molecule has 6 heteroatoms. The molecular weight excluding hydrogens is 329 g/mol. The van der Waals surface area contributed by atoms with Crippen molar-refractivity contribution in [2.24, 2.45) is 0 Å². The van der Waals surface area contributed by atoms with E-state index in [4.69, 9.17) is 14.0 Å². The van der Waals surface area contributed by atoms with Crippen LogP contribution in [-0.4, -0.2) is 61.3 Å². The molecule has 0 radical (unpaired) electrons. The largest absolute Gasteiger partial charge is 0.494 e. The Balaban J connectivity index is 1.67. The molecule has 26 heavy (non-hydrogen) atoms. The molecule has 1 unspecified atom stereocenters. The molecular formula is C20H30BNO4. The number of hydrogen-bond donors (Lipinski definition) is 0. The average molecular weight is 359 g/mol. The maximum atomic E-state index is 12.7. The van der Waals surface area contributed by atoms with E-state index in [0.29, 0.717) is 19.6 Å². The van der Waals surface area contributed by atoms with Gasteiger partial charge in [-0.15, -0.1) is 0 Å². The van der Waals surface area contributed by atoms with E-state index in [-0.39, 0.29) is 23.0 Å². The Morgan fingerprint density at radius 1 is 1.15 bits per heavy atom. The van der Waals surface area contributed by atoms with Gasteiger partial charge in [-0.05, 0) is 45.6 Å².